The SMILES string of the molecule is N#CC1CC=C2CN(Cc3ccccc3)CC2C1. The molecule has 0 radical (unpaired) electrons. The van der Waals surface area contributed by atoms with E-state index >= 15 is 0 Å². The minimum Gasteiger partial charge on any atom is -0.295 e. The van der Waals surface area contributed by atoms with Crippen molar-refractivity contribution in [2.75, 3.05) is 13.1 Å². The number of likely N-dealkylation sites (tertiary alicyclic amines) is 1. The van der Waals surface area contributed by atoms with Crippen molar-refractivity contribution in [3.63, 3.8) is 0 Å². The first-order chi connectivity index (χ1) is 8.85. The number of hydrogen-bond donors (Lipinski definition) is 0. The average molecular weight is 238 g/mol. The van der Waals surface area contributed by atoms with Crippen LogP contribution in [-0.4, -0.2) is 18.0 Å². The number of allylic oxidation sites excluding steroid dienone is 1. The van der Waals surface area contributed by atoms with Crippen LogP contribution >= 0.6 is 0 Å². The first-order valence-corrected chi connectivity index (χ1v) is 6.70. The Morgan fingerprint density at radius 3 is 2.89 bits per heavy atom. The summed E-state index contributed by atoms with van der Waals surface area (Å²) in [7, 11) is 0. The summed E-state index contributed by atoms with van der Waals surface area (Å²) in [6.07, 6.45) is 4.34. The van der Waals surface area contributed by atoms with Gasteiger partial charge in [-0.1, -0.05) is 42.0 Å². The van der Waals surface area contributed by atoms with Crippen LogP contribution in [0.25, 0.3) is 0 Å². The molecule has 1 aromatic rings. The van der Waals surface area contributed by atoms with E-state index in [1.165, 1.54) is 5.56 Å². The quantitative estimate of drug-likeness (QED) is 0.741. The second-order valence-electron chi connectivity index (χ2n) is 5.43. The smallest absolute Gasteiger partial charge is 0.0659 e. The molecule has 1 saturated heterocycles. The molecule has 92 valence electrons. The van der Waals surface area contributed by atoms with Gasteiger partial charge in [-0.05, 0) is 24.3 Å². The third-order valence-electron chi connectivity index (χ3n) is 4.07. The van der Waals surface area contributed by atoms with Crippen molar-refractivity contribution in [1.82, 2.24) is 4.90 Å². The topological polar surface area (TPSA) is 27.0 Å². The predicted molar refractivity (Wildman–Crippen MR) is 71.6 cm³/mol. The fourth-order valence-corrected chi connectivity index (χ4v) is 3.14. The summed E-state index contributed by atoms with van der Waals surface area (Å²) in [6.45, 7) is 3.25. The molecule has 2 nitrogen and oxygen atoms in total. The summed E-state index contributed by atoms with van der Waals surface area (Å²) in [6, 6.07) is 13.1. The highest BCUT2D eigenvalue weighted by Crippen LogP contribution is 2.34. The van der Waals surface area contributed by atoms with Crippen molar-refractivity contribution in [2.24, 2.45) is 11.8 Å². The normalized spacial score (nSPS) is 27.4. The van der Waals surface area contributed by atoms with Gasteiger partial charge in [0.25, 0.3) is 0 Å². The molecule has 0 spiro atoms. The maximum atomic E-state index is 9.02. The van der Waals surface area contributed by atoms with Gasteiger partial charge >= 0.3 is 0 Å². The molecule has 0 bridgehead atoms. The zero-order chi connectivity index (χ0) is 12.4. The van der Waals surface area contributed by atoms with Gasteiger partial charge in [0.15, 0.2) is 0 Å². The van der Waals surface area contributed by atoms with Crippen LogP contribution in [0.1, 0.15) is 18.4 Å². The highest BCUT2D eigenvalue weighted by atomic mass is 15.1. The van der Waals surface area contributed by atoms with Gasteiger partial charge in [0.2, 0.25) is 0 Å². The number of nitrogens with zero attached hydrogens (tertiary/aromatic N) is 2. The van der Waals surface area contributed by atoms with Gasteiger partial charge in [0.05, 0.1) is 12.0 Å². The predicted octanol–water partition coefficient (Wildman–Crippen LogP) is 2.98. The number of hydrogen-bond acceptors (Lipinski definition) is 2. The standard InChI is InChI=1S/C16H18N2/c17-9-14-6-7-15-11-18(12-16(15)8-14)10-13-4-2-1-3-5-13/h1-5,7,14,16H,6,8,10-12H2. The highest BCUT2D eigenvalue weighted by Gasteiger charge is 2.31. The third kappa shape index (κ3) is 2.32. The van der Waals surface area contributed by atoms with Gasteiger partial charge in [-0.3, -0.25) is 4.90 Å². The molecule has 1 aliphatic heterocycles. The molecule has 1 aromatic carbocycles. The lowest BCUT2D eigenvalue weighted by atomic mass is 9.84. The Hall–Kier alpha value is -1.59. The van der Waals surface area contributed by atoms with Crippen molar-refractivity contribution < 1.29 is 0 Å². The van der Waals surface area contributed by atoms with Crippen LogP contribution < -0.4 is 0 Å². The zero-order valence-corrected chi connectivity index (χ0v) is 10.5. The number of rotatable bonds is 2. The van der Waals surface area contributed by atoms with E-state index in [0.29, 0.717) is 5.92 Å². The lowest BCUT2D eigenvalue weighted by Gasteiger charge is -2.20. The van der Waals surface area contributed by atoms with Crippen molar-refractivity contribution in [1.29, 1.82) is 5.26 Å². The second-order valence-corrected chi connectivity index (χ2v) is 5.43. The first-order valence-electron chi connectivity index (χ1n) is 6.70. The Balaban J connectivity index is 1.65. The Kier molecular flexibility index (Phi) is 3.17. The van der Waals surface area contributed by atoms with Crippen molar-refractivity contribution in [3.8, 4) is 6.07 Å². The molecular formula is C16H18N2. The zero-order valence-electron chi connectivity index (χ0n) is 10.5. The first kappa shape index (κ1) is 11.5. The van der Waals surface area contributed by atoms with E-state index in [4.69, 9.17) is 5.26 Å². The van der Waals surface area contributed by atoms with E-state index < -0.39 is 0 Å². The van der Waals surface area contributed by atoms with Crippen molar-refractivity contribution in [3.05, 3.63) is 47.5 Å². The average Bonchev–Trinajstić information content (AvgIpc) is 2.80. The number of nitriles is 1. The van der Waals surface area contributed by atoms with Crippen LogP contribution in [0, 0.1) is 23.2 Å². The largest absolute Gasteiger partial charge is 0.295 e. The number of benzene rings is 1. The fraction of sp³-hybridized carbons (Fsp3) is 0.438. The van der Waals surface area contributed by atoms with E-state index in [0.717, 1.165) is 32.5 Å². The van der Waals surface area contributed by atoms with E-state index in [-0.39, 0.29) is 5.92 Å². The minimum absolute atomic E-state index is 0.246. The lowest BCUT2D eigenvalue weighted by Crippen LogP contribution is -2.20. The molecule has 0 N–H and O–H groups in total. The molecule has 2 atom stereocenters. The molecular weight excluding hydrogens is 220 g/mol. The third-order valence-corrected chi connectivity index (χ3v) is 4.07. The molecule has 1 heterocycles. The summed E-state index contributed by atoms with van der Waals surface area (Å²) in [5.74, 6) is 0.877. The van der Waals surface area contributed by atoms with Crippen LogP contribution in [0.4, 0.5) is 0 Å². The van der Waals surface area contributed by atoms with Crippen LogP contribution in [0.3, 0.4) is 0 Å². The van der Waals surface area contributed by atoms with Crippen LogP contribution in [0.2, 0.25) is 0 Å². The second kappa shape index (κ2) is 4.96. The molecule has 18 heavy (non-hydrogen) atoms. The van der Waals surface area contributed by atoms with E-state index in [9.17, 15) is 0 Å². The molecule has 1 aliphatic carbocycles. The van der Waals surface area contributed by atoms with Crippen LogP contribution in [0.15, 0.2) is 42.0 Å². The molecule has 2 unspecified atom stereocenters. The van der Waals surface area contributed by atoms with E-state index in [1.54, 1.807) is 5.57 Å². The fourth-order valence-electron chi connectivity index (χ4n) is 3.14. The Morgan fingerprint density at radius 2 is 2.11 bits per heavy atom. The monoisotopic (exact) mass is 238 g/mol. The maximum absolute atomic E-state index is 9.02. The molecule has 3 rings (SSSR count). The minimum atomic E-state index is 0.246. The Labute approximate surface area is 109 Å². The van der Waals surface area contributed by atoms with Crippen molar-refractivity contribution >= 4 is 0 Å². The molecule has 0 saturated carbocycles. The van der Waals surface area contributed by atoms with Gasteiger partial charge in [-0.15, -0.1) is 0 Å². The summed E-state index contributed by atoms with van der Waals surface area (Å²) in [4.78, 5) is 2.51. The van der Waals surface area contributed by atoms with Gasteiger partial charge in [-0.2, -0.15) is 5.26 Å². The maximum Gasteiger partial charge on any atom is 0.0659 e. The van der Waals surface area contributed by atoms with Crippen LogP contribution in [-0.2, 0) is 6.54 Å². The van der Waals surface area contributed by atoms with Crippen LogP contribution in [0.5, 0.6) is 0 Å². The highest BCUT2D eigenvalue weighted by molar-refractivity contribution is 5.21. The Bertz CT molecular complexity index is 484. The summed E-state index contributed by atoms with van der Waals surface area (Å²) in [5, 5.41) is 9.02. The van der Waals surface area contributed by atoms with Gasteiger partial charge in [0, 0.05) is 19.6 Å². The van der Waals surface area contributed by atoms with Gasteiger partial charge in [0.1, 0.15) is 0 Å². The van der Waals surface area contributed by atoms with Crippen molar-refractivity contribution in [2.45, 2.75) is 19.4 Å². The molecule has 0 aromatic heterocycles. The lowest BCUT2D eigenvalue weighted by molar-refractivity contribution is 0.307. The molecule has 2 aliphatic rings. The molecule has 1 fully saturated rings. The Morgan fingerprint density at radius 1 is 1.28 bits per heavy atom. The van der Waals surface area contributed by atoms with E-state index in [2.05, 4.69) is 47.4 Å². The summed E-state index contributed by atoms with van der Waals surface area (Å²) < 4.78 is 0. The molecule has 2 heteroatoms. The molecule has 0 amide bonds. The van der Waals surface area contributed by atoms with Gasteiger partial charge < -0.3 is 0 Å². The summed E-state index contributed by atoms with van der Waals surface area (Å²) in [5.41, 5.74) is 2.95. The van der Waals surface area contributed by atoms with Gasteiger partial charge in [-0.25, -0.2) is 0 Å². The summed E-state index contributed by atoms with van der Waals surface area (Å²) >= 11 is 0. The number of fused-ring (bicyclic) bond motifs is 1. The van der Waals surface area contributed by atoms with E-state index in [1.807, 2.05) is 0 Å².